The topological polar surface area (TPSA) is 96.5 Å². The quantitative estimate of drug-likeness (QED) is 0.537. The van der Waals surface area contributed by atoms with E-state index >= 15 is 0 Å². The van der Waals surface area contributed by atoms with Crippen LogP contribution >= 0.6 is 0 Å². The van der Waals surface area contributed by atoms with Gasteiger partial charge in [-0.05, 0) is 62.4 Å². The second-order valence-electron chi connectivity index (χ2n) is 8.66. The Morgan fingerprint density at radius 2 is 1.75 bits per heavy atom. The molecule has 3 N–H and O–H groups in total. The standard InChI is InChI=1S/C24H31N3O4S/c1-31-21-10-6-5-9-20(21)22(28)27-23(32(29,30)26-17-18-11-12-18)24(13-15-25-16-14-24)19-7-3-2-4-8-19/h2-10,18,23,25-26H,11-17H2,1H3,(H,27,28). The highest BCUT2D eigenvalue weighted by Crippen LogP contribution is 2.39. The van der Waals surface area contributed by atoms with E-state index in [2.05, 4.69) is 15.4 Å². The van der Waals surface area contributed by atoms with Crippen LogP contribution in [0.15, 0.2) is 54.6 Å². The molecule has 1 amide bonds. The summed E-state index contributed by atoms with van der Waals surface area (Å²) in [4.78, 5) is 13.3. The molecule has 1 aliphatic heterocycles. The summed E-state index contributed by atoms with van der Waals surface area (Å²) in [5.41, 5.74) is 0.484. The number of hydrogen-bond donors (Lipinski definition) is 3. The van der Waals surface area contributed by atoms with Gasteiger partial charge in [-0.2, -0.15) is 0 Å². The fraction of sp³-hybridized carbons (Fsp3) is 0.458. The molecule has 1 saturated carbocycles. The molecular weight excluding hydrogens is 426 g/mol. The highest BCUT2D eigenvalue weighted by Gasteiger charge is 2.49. The Balaban J connectivity index is 1.74. The summed E-state index contributed by atoms with van der Waals surface area (Å²) in [6.07, 6.45) is 3.26. The van der Waals surface area contributed by atoms with Crippen molar-refractivity contribution < 1.29 is 17.9 Å². The minimum absolute atomic E-state index is 0.314. The largest absolute Gasteiger partial charge is 0.496 e. The smallest absolute Gasteiger partial charge is 0.256 e. The SMILES string of the molecule is COc1ccccc1C(=O)NC(C1(c2ccccc2)CCNCC1)S(=O)(=O)NCC1CC1. The van der Waals surface area contributed by atoms with Crippen molar-refractivity contribution in [2.45, 2.75) is 36.5 Å². The molecule has 1 saturated heterocycles. The molecule has 0 aromatic heterocycles. The molecule has 0 radical (unpaired) electrons. The van der Waals surface area contributed by atoms with Gasteiger partial charge < -0.3 is 15.4 Å². The first kappa shape index (κ1) is 22.8. The Labute approximate surface area is 190 Å². The summed E-state index contributed by atoms with van der Waals surface area (Å²) >= 11 is 0. The molecule has 32 heavy (non-hydrogen) atoms. The highest BCUT2D eigenvalue weighted by molar-refractivity contribution is 7.90. The van der Waals surface area contributed by atoms with Gasteiger partial charge in [0.05, 0.1) is 12.7 Å². The molecule has 2 fully saturated rings. The molecule has 1 heterocycles. The van der Waals surface area contributed by atoms with Gasteiger partial charge in [-0.25, -0.2) is 13.1 Å². The lowest BCUT2D eigenvalue weighted by atomic mass is 9.72. The van der Waals surface area contributed by atoms with Crippen molar-refractivity contribution in [1.29, 1.82) is 0 Å². The first-order valence-corrected chi connectivity index (χ1v) is 12.7. The average Bonchev–Trinajstić information content (AvgIpc) is 3.67. The average molecular weight is 458 g/mol. The normalized spacial score (nSPS) is 19.2. The van der Waals surface area contributed by atoms with E-state index in [1.54, 1.807) is 24.3 Å². The molecule has 8 heteroatoms. The Kier molecular flexibility index (Phi) is 6.83. The number of methoxy groups -OCH3 is 1. The Bertz CT molecular complexity index is 1030. The van der Waals surface area contributed by atoms with Crippen LogP contribution in [0.25, 0.3) is 0 Å². The number of carbonyl (C=O) groups excluding carboxylic acids is 1. The van der Waals surface area contributed by atoms with Gasteiger partial charge in [0.15, 0.2) is 5.37 Å². The van der Waals surface area contributed by atoms with Gasteiger partial charge in [0.25, 0.3) is 5.91 Å². The van der Waals surface area contributed by atoms with E-state index in [-0.39, 0.29) is 0 Å². The number of carbonyl (C=O) groups is 1. The number of piperidine rings is 1. The van der Waals surface area contributed by atoms with Crippen LogP contribution < -0.4 is 20.1 Å². The molecule has 1 unspecified atom stereocenters. The van der Waals surface area contributed by atoms with Crippen molar-refractivity contribution in [1.82, 2.24) is 15.4 Å². The van der Waals surface area contributed by atoms with Gasteiger partial charge in [-0.3, -0.25) is 4.79 Å². The van der Waals surface area contributed by atoms with Crippen LogP contribution in [0, 0.1) is 5.92 Å². The van der Waals surface area contributed by atoms with Crippen molar-refractivity contribution >= 4 is 15.9 Å². The number of sulfonamides is 1. The van der Waals surface area contributed by atoms with Gasteiger partial charge in [-0.15, -0.1) is 0 Å². The molecular formula is C24H31N3O4S. The van der Waals surface area contributed by atoms with Crippen molar-refractivity contribution in [3.05, 3.63) is 65.7 Å². The molecule has 2 aromatic carbocycles. The zero-order valence-electron chi connectivity index (χ0n) is 18.3. The summed E-state index contributed by atoms with van der Waals surface area (Å²) in [6, 6.07) is 16.5. The number of hydrogen-bond acceptors (Lipinski definition) is 5. The first-order chi connectivity index (χ1) is 15.5. The maximum Gasteiger partial charge on any atom is 0.256 e. The van der Waals surface area contributed by atoms with E-state index in [4.69, 9.17) is 4.74 Å². The zero-order valence-corrected chi connectivity index (χ0v) is 19.2. The van der Waals surface area contributed by atoms with Gasteiger partial charge in [-0.1, -0.05) is 42.5 Å². The van der Waals surface area contributed by atoms with Crippen LogP contribution in [0.1, 0.15) is 41.6 Å². The predicted molar refractivity (Wildman–Crippen MR) is 124 cm³/mol. The van der Waals surface area contributed by atoms with Crippen molar-refractivity contribution in [2.75, 3.05) is 26.7 Å². The van der Waals surface area contributed by atoms with E-state index in [0.29, 0.717) is 49.7 Å². The third-order valence-corrected chi connectivity index (χ3v) is 8.30. The summed E-state index contributed by atoms with van der Waals surface area (Å²) in [6.45, 7) is 1.76. The van der Waals surface area contributed by atoms with Crippen LogP contribution in [-0.4, -0.2) is 46.4 Å². The van der Waals surface area contributed by atoms with Gasteiger partial charge in [0, 0.05) is 12.0 Å². The van der Waals surface area contributed by atoms with E-state index in [1.165, 1.54) is 7.11 Å². The van der Waals surface area contributed by atoms with Crippen molar-refractivity contribution in [2.24, 2.45) is 5.92 Å². The number of para-hydroxylation sites is 1. The number of ether oxygens (including phenoxy) is 1. The van der Waals surface area contributed by atoms with E-state index < -0.39 is 26.7 Å². The van der Waals surface area contributed by atoms with Crippen LogP contribution in [-0.2, 0) is 15.4 Å². The first-order valence-electron chi connectivity index (χ1n) is 11.1. The number of nitrogens with one attached hydrogen (secondary N) is 3. The molecule has 0 bridgehead atoms. The minimum Gasteiger partial charge on any atom is -0.496 e. The Hall–Kier alpha value is -2.42. The van der Waals surface area contributed by atoms with E-state index in [1.807, 2.05) is 30.3 Å². The molecule has 0 spiro atoms. The fourth-order valence-corrected chi connectivity index (χ4v) is 6.39. The summed E-state index contributed by atoms with van der Waals surface area (Å²) in [5.74, 6) is 0.334. The molecule has 1 atom stereocenters. The molecule has 2 aliphatic rings. The predicted octanol–water partition coefficient (Wildman–Crippen LogP) is 2.40. The molecule has 7 nitrogen and oxygen atoms in total. The van der Waals surface area contributed by atoms with E-state index in [9.17, 15) is 13.2 Å². The van der Waals surface area contributed by atoms with Gasteiger partial charge in [0.2, 0.25) is 10.0 Å². The third-order valence-electron chi connectivity index (χ3n) is 6.54. The number of amides is 1. The zero-order chi connectivity index (χ0) is 22.6. The van der Waals surface area contributed by atoms with Crippen molar-refractivity contribution in [3.63, 3.8) is 0 Å². The number of benzene rings is 2. The lowest BCUT2D eigenvalue weighted by Gasteiger charge is -2.44. The second kappa shape index (κ2) is 9.60. The van der Waals surface area contributed by atoms with Crippen LogP contribution in [0.2, 0.25) is 0 Å². The molecule has 2 aromatic rings. The van der Waals surface area contributed by atoms with Crippen LogP contribution in [0.3, 0.4) is 0 Å². The van der Waals surface area contributed by atoms with Gasteiger partial charge >= 0.3 is 0 Å². The minimum atomic E-state index is -3.86. The lowest BCUT2D eigenvalue weighted by molar-refractivity contribution is 0.0922. The summed E-state index contributed by atoms with van der Waals surface area (Å²) < 4.78 is 35.5. The van der Waals surface area contributed by atoms with Crippen molar-refractivity contribution in [3.8, 4) is 5.75 Å². The Morgan fingerprint density at radius 1 is 1.09 bits per heavy atom. The molecule has 1 aliphatic carbocycles. The maximum atomic E-state index is 13.7. The van der Waals surface area contributed by atoms with Crippen LogP contribution in [0.5, 0.6) is 5.75 Å². The van der Waals surface area contributed by atoms with Gasteiger partial charge in [0.1, 0.15) is 5.75 Å². The number of rotatable bonds is 9. The summed E-state index contributed by atoms with van der Waals surface area (Å²) in [7, 11) is -2.36. The summed E-state index contributed by atoms with van der Waals surface area (Å²) in [5, 5.41) is 5.12. The third kappa shape index (κ3) is 4.82. The Morgan fingerprint density at radius 3 is 2.41 bits per heavy atom. The van der Waals surface area contributed by atoms with E-state index in [0.717, 1.165) is 18.4 Å². The monoisotopic (exact) mass is 457 g/mol. The maximum absolute atomic E-state index is 13.7. The molecule has 172 valence electrons. The lowest BCUT2D eigenvalue weighted by Crippen LogP contribution is -2.61. The highest BCUT2D eigenvalue weighted by atomic mass is 32.2. The second-order valence-corrected chi connectivity index (χ2v) is 10.5. The molecule has 4 rings (SSSR count). The fourth-order valence-electron chi connectivity index (χ4n) is 4.53. The van der Waals surface area contributed by atoms with Crippen LogP contribution in [0.4, 0.5) is 0 Å².